The van der Waals surface area contributed by atoms with E-state index >= 15 is 0 Å². The number of hydrogen-bond donors (Lipinski definition) is 5. The molecule has 0 bridgehead atoms. The zero-order valence-electron chi connectivity index (χ0n) is 4.17. The van der Waals surface area contributed by atoms with Crippen LogP contribution in [0.4, 0.5) is 0 Å². The molecular weight excluding hydrogens is 153 g/mol. The Morgan fingerprint density at radius 1 is 1.22 bits per heavy atom. The van der Waals surface area contributed by atoms with E-state index in [1.165, 1.54) is 0 Å². The molecule has 6 N–H and O–H groups in total. The average Bonchev–Trinajstić information content (AvgIpc) is 1.19. The summed E-state index contributed by atoms with van der Waals surface area (Å²) >= 11 is 0. The fourth-order valence-electron chi connectivity index (χ4n) is 0. The van der Waals surface area contributed by atoms with Crippen molar-refractivity contribution in [1.29, 1.82) is 0 Å². The molecule has 0 saturated carbocycles. The van der Waals surface area contributed by atoms with Crippen LogP contribution in [0.1, 0.15) is 0 Å². The lowest BCUT2D eigenvalue weighted by Gasteiger charge is -1.70. The van der Waals surface area contributed by atoms with Crippen molar-refractivity contribution in [2.24, 2.45) is 5.14 Å². The van der Waals surface area contributed by atoms with E-state index in [1.54, 1.807) is 0 Å². The van der Waals surface area contributed by atoms with Gasteiger partial charge in [-0.3, -0.25) is 4.55 Å². The third-order valence-corrected chi connectivity index (χ3v) is 0. The predicted molar refractivity (Wildman–Crippen MR) is 28.1 cm³/mol. The third-order valence-electron chi connectivity index (χ3n) is 0. The monoisotopic (exact) mass is 159 g/mol. The van der Waals surface area contributed by atoms with Gasteiger partial charge in [-0.05, 0) is 0 Å². The van der Waals surface area contributed by atoms with E-state index in [1.807, 2.05) is 0 Å². The van der Waals surface area contributed by atoms with E-state index in [-0.39, 0.29) is 0 Å². The Kier molecular flexibility index (Phi) is 6.02. The Bertz CT molecular complexity index is 124. The lowest BCUT2D eigenvalue weighted by atomic mass is 10.3. The highest BCUT2D eigenvalue weighted by Gasteiger charge is 1.92. The van der Waals surface area contributed by atoms with Crippen LogP contribution in [-0.4, -0.2) is 35.4 Å². The normalized spacial score (nSPS) is 9.44. The van der Waals surface area contributed by atoms with Crippen LogP contribution >= 0.6 is 0 Å². The second-order valence-corrected chi connectivity index (χ2v) is 1.89. The summed E-state index contributed by atoms with van der Waals surface area (Å²) in [5.74, 6) is 0. The minimum Gasteiger partial charge on any atom is -0.402 e. The summed E-state index contributed by atoms with van der Waals surface area (Å²) in [5.41, 5.74) is 0. The molecule has 0 aliphatic heterocycles. The molecule has 0 spiro atoms. The molecule has 0 aromatic rings. The second kappa shape index (κ2) is 4.67. The lowest BCUT2D eigenvalue weighted by Crippen LogP contribution is -2.08. The van der Waals surface area contributed by atoms with Crippen molar-refractivity contribution >= 4 is 17.6 Å². The van der Waals surface area contributed by atoms with Crippen LogP contribution in [0.15, 0.2) is 0 Å². The zero-order valence-corrected chi connectivity index (χ0v) is 4.98. The van der Waals surface area contributed by atoms with Gasteiger partial charge in [0.1, 0.15) is 0 Å². The van der Waals surface area contributed by atoms with Crippen molar-refractivity contribution in [2.75, 3.05) is 0 Å². The smallest absolute Gasteiger partial charge is 0.402 e. The first kappa shape index (κ1) is 11.6. The van der Waals surface area contributed by atoms with Crippen molar-refractivity contribution < 1.29 is 28.0 Å². The third kappa shape index (κ3) is 7720. The summed E-state index contributed by atoms with van der Waals surface area (Å²) in [4.78, 5) is 0. The second-order valence-electron chi connectivity index (χ2n) is 0.861. The number of nitrogens with two attached hydrogens (primary N) is 1. The molecule has 0 saturated heterocycles. The highest BCUT2D eigenvalue weighted by atomic mass is 32.2. The minimum atomic E-state index is -4.17. The molecule has 56 valence electrons. The molecule has 0 atom stereocenters. The molecule has 0 amide bonds. The van der Waals surface area contributed by atoms with Crippen molar-refractivity contribution in [2.45, 2.75) is 0 Å². The van der Waals surface area contributed by atoms with Crippen LogP contribution in [0.2, 0.25) is 0 Å². The van der Waals surface area contributed by atoms with Gasteiger partial charge in [0.05, 0.1) is 0 Å². The first-order valence-corrected chi connectivity index (χ1v) is 3.03. The molecule has 0 rings (SSSR count). The van der Waals surface area contributed by atoms with E-state index in [0.717, 1.165) is 0 Å². The molecule has 0 aliphatic rings. The fourth-order valence-corrected chi connectivity index (χ4v) is 0. The highest BCUT2D eigenvalue weighted by Crippen LogP contribution is 1.50. The topological polar surface area (TPSA) is 141 Å². The Morgan fingerprint density at radius 2 is 1.22 bits per heavy atom. The molecule has 9 heavy (non-hydrogen) atoms. The largest absolute Gasteiger partial charge is 0.631 e. The molecule has 0 aromatic carbocycles. The molecule has 0 heterocycles. The first-order chi connectivity index (χ1) is 3.73. The SMILES string of the molecule is NS(=O)(=O)O.OB(O)O. The maximum atomic E-state index is 8.97. The van der Waals surface area contributed by atoms with Gasteiger partial charge in [0.25, 0.3) is 0 Å². The van der Waals surface area contributed by atoms with E-state index < -0.39 is 17.6 Å². The standard InChI is InChI=1S/BH3O3.H3NO3S/c2-1(3)4;1-5(2,3)4/h2-4H;(H3,1,2,3,4). The highest BCUT2D eigenvalue weighted by molar-refractivity contribution is 7.83. The molecule has 0 aliphatic carbocycles. The molecule has 0 aromatic heterocycles. The van der Waals surface area contributed by atoms with Crippen molar-refractivity contribution in [3.05, 3.63) is 0 Å². The van der Waals surface area contributed by atoms with E-state index in [9.17, 15) is 0 Å². The summed E-state index contributed by atoms with van der Waals surface area (Å²) in [6.07, 6.45) is 0. The van der Waals surface area contributed by atoms with Crippen molar-refractivity contribution in [1.82, 2.24) is 0 Å². The molecule has 9 heteroatoms. The summed E-state index contributed by atoms with van der Waals surface area (Å²) in [6.45, 7) is 0. The van der Waals surface area contributed by atoms with Crippen LogP contribution in [0.25, 0.3) is 0 Å². The quantitative estimate of drug-likeness (QED) is 0.185. The molecule has 0 unspecified atom stereocenters. The zero-order chi connectivity index (χ0) is 8.08. The van der Waals surface area contributed by atoms with Crippen LogP contribution in [0.5, 0.6) is 0 Å². The number of rotatable bonds is 0. The van der Waals surface area contributed by atoms with Crippen molar-refractivity contribution in [3.8, 4) is 0 Å². The molecule has 7 nitrogen and oxygen atoms in total. The molecule has 0 fully saturated rings. The van der Waals surface area contributed by atoms with Crippen LogP contribution in [-0.2, 0) is 10.3 Å². The van der Waals surface area contributed by atoms with Crippen molar-refractivity contribution in [3.63, 3.8) is 0 Å². The summed E-state index contributed by atoms with van der Waals surface area (Å²) < 4.78 is 25.2. The van der Waals surface area contributed by atoms with Crippen LogP contribution in [0, 0.1) is 0 Å². The van der Waals surface area contributed by atoms with Gasteiger partial charge in [0, 0.05) is 0 Å². The van der Waals surface area contributed by atoms with Crippen LogP contribution in [0.3, 0.4) is 0 Å². The van der Waals surface area contributed by atoms with E-state index in [4.69, 9.17) is 28.0 Å². The average molecular weight is 159 g/mol. The van der Waals surface area contributed by atoms with Gasteiger partial charge >= 0.3 is 17.6 Å². The predicted octanol–water partition coefficient (Wildman–Crippen LogP) is -3.30. The lowest BCUT2D eigenvalue weighted by molar-refractivity contribution is 0.278. The number of hydrogen-bond acceptors (Lipinski definition) is 5. The van der Waals surface area contributed by atoms with Gasteiger partial charge in [-0.15, -0.1) is 0 Å². The molecule has 0 radical (unpaired) electrons. The maximum absolute atomic E-state index is 8.97. The summed E-state index contributed by atoms with van der Waals surface area (Å²) in [5, 5.41) is 25.4. The summed E-state index contributed by atoms with van der Waals surface area (Å²) in [7, 11) is -6.33. The van der Waals surface area contributed by atoms with Gasteiger partial charge in [0.2, 0.25) is 0 Å². The Labute approximate surface area is 51.8 Å². The van der Waals surface area contributed by atoms with E-state index in [2.05, 4.69) is 5.14 Å². The van der Waals surface area contributed by atoms with E-state index in [0.29, 0.717) is 0 Å². The van der Waals surface area contributed by atoms with Gasteiger partial charge < -0.3 is 15.1 Å². The minimum absolute atomic E-state index is 2.17. The Hall–Kier alpha value is -0.185. The summed E-state index contributed by atoms with van der Waals surface area (Å²) in [6, 6.07) is 0. The Morgan fingerprint density at radius 3 is 1.22 bits per heavy atom. The maximum Gasteiger partial charge on any atom is 0.631 e. The van der Waals surface area contributed by atoms with Crippen LogP contribution < -0.4 is 5.14 Å². The van der Waals surface area contributed by atoms with Gasteiger partial charge in [-0.2, -0.15) is 8.42 Å². The van der Waals surface area contributed by atoms with Gasteiger partial charge in [0.15, 0.2) is 0 Å². The first-order valence-electron chi connectivity index (χ1n) is 1.53. The van der Waals surface area contributed by atoms with Gasteiger partial charge in [-0.1, -0.05) is 0 Å². The fraction of sp³-hybridized carbons (Fsp3) is 0. The molecular formula is H6BNO6S. The Balaban J connectivity index is 0. The van der Waals surface area contributed by atoms with Gasteiger partial charge in [-0.25, -0.2) is 5.14 Å².